The molecule has 1 aliphatic heterocycles. The predicted octanol–water partition coefficient (Wildman–Crippen LogP) is 2.81. The summed E-state index contributed by atoms with van der Waals surface area (Å²) in [5, 5.41) is 3.62. The minimum Gasteiger partial charge on any atom is -0.496 e. The van der Waals surface area contributed by atoms with Crippen LogP contribution in [-0.2, 0) is 17.8 Å². The van der Waals surface area contributed by atoms with Gasteiger partial charge in [0.2, 0.25) is 0 Å². The summed E-state index contributed by atoms with van der Waals surface area (Å²) in [4.78, 5) is 2.43. The Kier molecular flexibility index (Phi) is 6.24. The van der Waals surface area contributed by atoms with Crippen molar-refractivity contribution in [3.05, 3.63) is 29.3 Å². The van der Waals surface area contributed by atoms with E-state index in [9.17, 15) is 0 Å². The fraction of sp³-hybridized carbons (Fsp3) is 0.667. The summed E-state index contributed by atoms with van der Waals surface area (Å²) in [6.07, 6.45) is 1.11. The summed E-state index contributed by atoms with van der Waals surface area (Å²) in [5.74, 6) is 0.977. The van der Waals surface area contributed by atoms with E-state index < -0.39 is 0 Å². The SMILES string of the molecule is CCC(C)(C)NCc1ccc(OC)c(CN2CCOCC2)c1. The third-order valence-corrected chi connectivity index (χ3v) is 4.50. The number of methoxy groups -OCH3 is 1. The first-order valence-electron chi connectivity index (χ1n) is 8.25. The van der Waals surface area contributed by atoms with Crippen molar-refractivity contribution < 1.29 is 9.47 Å². The molecule has 0 aromatic heterocycles. The molecule has 1 N–H and O–H groups in total. The van der Waals surface area contributed by atoms with Gasteiger partial charge in [0, 0.05) is 37.3 Å². The molecule has 1 fully saturated rings. The molecule has 0 unspecified atom stereocenters. The molecule has 1 heterocycles. The number of benzene rings is 1. The number of hydrogen-bond donors (Lipinski definition) is 1. The summed E-state index contributed by atoms with van der Waals surface area (Å²) in [7, 11) is 1.75. The van der Waals surface area contributed by atoms with Crippen LogP contribution in [-0.4, -0.2) is 43.9 Å². The Labute approximate surface area is 134 Å². The van der Waals surface area contributed by atoms with Gasteiger partial charge in [0.25, 0.3) is 0 Å². The van der Waals surface area contributed by atoms with Crippen molar-refractivity contribution in [2.24, 2.45) is 0 Å². The zero-order valence-electron chi connectivity index (χ0n) is 14.4. The van der Waals surface area contributed by atoms with Gasteiger partial charge in [-0.3, -0.25) is 4.90 Å². The summed E-state index contributed by atoms with van der Waals surface area (Å²) in [6.45, 7) is 12.2. The van der Waals surface area contributed by atoms with E-state index in [0.29, 0.717) is 0 Å². The number of hydrogen-bond acceptors (Lipinski definition) is 4. The highest BCUT2D eigenvalue weighted by Crippen LogP contribution is 2.22. The largest absolute Gasteiger partial charge is 0.496 e. The van der Waals surface area contributed by atoms with Gasteiger partial charge >= 0.3 is 0 Å². The second-order valence-corrected chi connectivity index (χ2v) is 6.63. The standard InChI is InChI=1S/C18H30N2O2/c1-5-18(2,3)19-13-15-6-7-17(21-4)16(12-15)14-20-8-10-22-11-9-20/h6-7,12,19H,5,8-11,13-14H2,1-4H3. The van der Waals surface area contributed by atoms with Crippen LogP contribution >= 0.6 is 0 Å². The van der Waals surface area contributed by atoms with Crippen molar-refractivity contribution in [2.75, 3.05) is 33.4 Å². The van der Waals surface area contributed by atoms with E-state index in [1.54, 1.807) is 7.11 Å². The number of rotatable bonds is 7. The summed E-state index contributed by atoms with van der Waals surface area (Å²) >= 11 is 0. The lowest BCUT2D eigenvalue weighted by atomic mass is 10.0. The monoisotopic (exact) mass is 306 g/mol. The zero-order chi connectivity index (χ0) is 16.0. The van der Waals surface area contributed by atoms with Crippen LogP contribution in [0.5, 0.6) is 5.75 Å². The highest BCUT2D eigenvalue weighted by Gasteiger charge is 2.16. The molecule has 4 nitrogen and oxygen atoms in total. The van der Waals surface area contributed by atoms with Crippen LogP contribution in [0.1, 0.15) is 38.3 Å². The molecule has 0 bridgehead atoms. The van der Waals surface area contributed by atoms with E-state index in [2.05, 4.69) is 49.2 Å². The molecule has 1 saturated heterocycles. The molecule has 0 aliphatic carbocycles. The Morgan fingerprint density at radius 1 is 1.27 bits per heavy atom. The molecule has 124 valence electrons. The molecule has 1 aromatic carbocycles. The molecule has 1 aliphatic rings. The van der Waals surface area contributed by atoms with E-state index in [1.165, 1.54) is 11.1 Å². The van der Waals surface area contributed by atoms with Crippen LogP contribution in [0, 0.1) is 0 Å². The van der Waals surface area contributed by atoms with Crippen LogP contribution in [0.3, 0.4) is 0 Å². The molecule has 1 aromatic rings. The number of nitrogens with one attached hydrogen (secondary N) is 1. The quantitative estimate of drug-likeness (QED) is 0.840. The third kappa shape index (κ3) is 4.97. The summed E-state index contributed by atoms with van der Waals surface area (Å²) < 4.78 is 11.0. The lowest BCUT2D eigenvalue weighted by Crippen LogP contribution is -2.38. The molecule has 0 radical (unpaired) electrons. The third-order valence-electron chi connectivity index (χ3n) is 4.50. The van der Waals surface area contributed by atoms with Gasteiger partial charge in [-0.1, -0.05) is 13.0 Å². The maximum atomic E-state index is 5.53. The van der Waals surface area contributed by atoms with Crippen molar-refractivity contribution in [1.29, 1.82) is 0 Å². The van der Waals surface area contributed by atoms with Crippen molar-refractivity contribution in [2.45, 2.75) is 45.8 Å². The molecule has 4 heteroatoms. The second kappa shape index (κ2) is 7.95. The van der Waals surface area contributed by atoms with Crippen LogP contribution in [0.15, 0.2) is 18.2 Å². The first kappa shape index (κ1) is 17.3. The molecule has 0 amide bonds. The molecule has 22 heavy (non-hydrogen) atoms. The Bertz CT molecular complexity index is 468. The topological polar surface area (TPSA) is 33.7 Å². The van der Waals surface area contributed by atoms with Crippen LogP contribution in [0.2, 0.25) is 0 Å². The lowest BCUT2D eigenvalue weighted by molar-refractivity contribution is 0.0339. The molecule has 0 spiro atoms. The van der Waals surface area contributed by atoms with Crippen LogP contribution in [0.4, 0.5) is 0 Å². The van der Waals surface area contributed by atoms with E-state index in [1.807, 2.05) is 0 Å². The highest BCUT2D eigenvalue weighted by molar-refractivity contribution is 5.37. The van der Waals surface area contributed by atoms with Crippen molar-refractivity contribution in [1.82, 2.24) is 10.2 Å². The van der Waals surface area contributed by atoms with E-state index in [4.69, 9.17) is 9.47 Å². The lowest BCUT2D eigenvalue weighted by Gasteiger charge is -2.28. The van der Waals surface area contributed by atoms with Gasteiger partial charge in [-0.05, 0) is 38.0 Å². The van der Waals surface area contributed by atoms with E-state index >= 15 is 0 Å². The Morgan fingerprint density at radius 3 is 2.64 bits per heavy atom. The average molecular weight is 306 g/mol. The predicted molar refractivity (Wildman–Crippen MR) is 90.3 cm³/mol. The van der Waals surface area contributed by atoms with Gasteiger partial charge in [-0.25, -0.2) is 0 Å². The number of ether oxygens (including phenoxy) is 2. The second-order valence-electron chi connectivity index (χ2n) is 6.63. The molecule has 0 atom stereocenters. The number of nitrogens with zero attached hydrogens (tertiary/aromatic N) is 1. The maximum absolute atomic E-state index is 5.53. The first-order chi connectivity index (χ1) is 10.5. The van der Waals surface area contributed by atoms with E-state index in [-0.39, 0.29) is 5.54 Å². The number of morpholine rings is 1. The Hall–Kier alpha value is -1.10. The molecular weight excluding hydrogens is 276 g/mol. The van der Waals surface area contributed by atoms with Crippen molar-refractivity contribution >= 4 is 0 Å². The average Bonchev–Trinajstić information content (AvgIpc) is 2.54. The fourth-order valence-corrected chi connectivity index (χ4v) is 2.53. The minimum atomic E-state index is 0.171. The smallest absolute Gasteiger partial charge is 0.123 e. The normalized spacial score (nSPS) is 16.7. The van der Waals surface area contributed by atoms with Crippen LogP contribution in [0.25, 0.3) is 0 Å². The first-order valence-corrected chi connectivity index (χ1v) is 8.25. The molecular formula is C18H30N2O2. The molecule has 2 rings (SSSR count). The van der Waals surface area contributed by atoms with E-state index in [0.717, 1.165) is 51.6 Å². The van der Waals surface area contributed by atoms with Gasteiger partial charge < -0.3 is 14.8 Å². The Balaban J connectivity index is 2.04. The van der Waals surface area contributed by atoms with Crippen molar-refractivity contribution in [3.63, 3.8) is 0 Å². The Morgan fingerprint density at radius 2 is 2.00 bits per heavy atom. The summed E-state index contributed by atoms with van der Waals surface area (Å²) in [6, 6.07) is 6.51. The van der Waals surface area contributed by atoms with Crippen LogP contribution < -0.4 is 10.1 Å². The van der Waals surface area contributed by atoms with Gasteiger partial charge in [0.15, 0.2) is 0 Å². The minimum absolute atomic E-state index is 0.171. The van der Waals surface area contributed by atoms with Crippen molar-refractivity contribution in [3.8, 4) is 5.75 Å². The zero-order valence-corrected chi connectivity index (χ0v) is 14.4. The van der Waals surface area contributed by atoms with Gasteiger partial charge in [0.05, 0.1) is 20.3 Å². The highest BCUT2D eigenvalue weighted by atomic mass is 16.5. The molecule has 0 saturated carbocycles. The fourth-order valence-electron chi connectivity index (χ4n) is 2.53. The van der Waals surface area contributed by atoms with Gasteiger partial charge in [0.1, 0.15) is 5.75 Å². The van der Waals surface area contributed by atoms with Gasteiger partial charge in [-0.15, -0.1) is 0 Å². The maximum Gasteiger partial charge on any atom is 0.123 e. The summed E-state index contributed by atoms with van der Waals surface area (Å²) in [5.41, 5.74) is 2.74. The van der Waals surface area contributed by atoms with Gasteiger partial charge in [-0.2, -0.15) is 0 Å².